The molecule has 2 rings (SSSR count). The first-order chi connectivity index (χ1) is 9.97. The number of aromatic nitrogens is 1. The Morgan fingerprint density at radius 1 is 1.38 bits per heavy atom. The van der Waals surface area contributed by atoms with Crippen molar-refractivity contribution in [2.75, 3.05) is 6.54 Å². The number of nitrogens with zero attached hydrogens (tertiary/aromatic N) is 1. The summed E-state index contributed by atoms with van der Waals surface area (Å²) >= 11 is 0. The van der Waals surface area contributed by atoms with Crippen molar-refractivity contribution in [1.82, 2.24) is 10.3 Å². The zero-order valence-electron chi connectivity index (χ0n) is 13.4. The van der Waals surface area contributed by atoms with Crippen LogP contribution in [-0.4, -0.2) is 17.4 Å². The van der Waals surface area contributed by atoms with Crippen LogP contribution in [0.25, 0.3) is 0 Å². The minimum atomic E-state index is -0.0837. The summed E-state index contributed by atoms with van der Waals surface area (Å²) in [4.78, 5) is 15.9. The molecule has 1 N–H and O–H groups in total. The fourth-order valence-electron chi connectivity index (χ4n) is 2.83. The standard InChI is InChI=1S/C18H26N2O/c1-18(2,3)15-9-7-14(8-10-15)11-13-20-17(21)16-6-4-5-12-19-16/h4-7,12,15H,8-11,13H2,1-3H3,(H,20,21). The van der Waals surface area contributed by atoms with Crippen molar-refractivity contribution < 1.29 is 4.79 Å². The first kappa shape index (κ1) is 15.7. The highest BCUT2D eigenvalue weighted by atomic mass is 16.1. The Hall–Kier alpha value is -1.64. The van der Waals surface area contributed by atoms with Crippen molar-refractivity contribution in [2.45, 2.75) is 46.5 Å². The van der Waals surface area contributed by atoms with Gasteiger partial charge < -0.3 is 5.32 Å². The number of pyridine rings is 1. The molecule has 21 heavy (non-hydrogen) atoms. The maximum absolute atomic E-state index is 11.9. The predicted octanol–water partition coefficient (Wildman–Crippen LogP) is 3.97. The predicted molar refractivity (Wildman–Crippen MR) is 86.1 cm³/mol. The van der Waals surface area contributed by atoms with Crippen LogP contribution in [0.4, 0.5) is 0 Å². The maximum atomic E-state index is 11.9. The molecule has 1 aromatic rings. The van der Waals surface area contributed by atoms with Crippen molar-refractivity contribution in [1.29, 1.82) is 0 Å². The summed E-state index contributed by atoms with van der Waals surface area (Å²) in [6, 6.07) is 5.39. The molecule has 0 aliphatic heterocycles. The third-order valence-electron chi connectivity index (χ3n) is 4.36. The van der Waals surface area contributed by atoms with E-state index in [1.54, 1.807) is 12.3 Å². The fraction of sp³-hybridized carbons (Fsp3) is 0.556. The van der Waals surface area contributed by atoms with Crippen LogP contribution in [0.3, 0.4) is 0 Å². The van der Waals surface area contributed by atoms with E-state index in [2.05, 4.69) is 37.1 Å². The topological polar surface area (TPSA) is 42.0 Å². The molecule has 0 aromatic carbocycles. The zero-order valence-corrected chi connectivity index (χ0v) is 13.4. The van der Waals surface area contributed by atoms with Crippen molar-refractivity contribution in [3.63, 3.8) is 0 Å². The number of hydrogen-bond acceptors (Lipinski definition) is 2. The van der Waals surface area contributed by atoms with Gasteiger partial charge in [0.2, 0.25) is 0 Å². The molecule has 1 amide bonds. The molecular formula is C18H26N2O. The van der Waals surface area contributed by atoms with E-state index < -0.39 is 0 Å². The average Bonchev–Trinajstić information content (AvgIpc) is 2.47. The number of amides is 1. The van der Waals surface area contributed by atoms with E-state index in [9.17, 15) is 4.79 Å². The number of carbonyl (C=O) groups excluding carboxylic acids is 1. The van der Waals surface area contributed by atoms with E-state index in [-0.39, 0.29) is 5.91 Å². The molecule has 3 heteroatoms. The van der Waals surface area contributed by atoms with Crippen LogP contribution in [0.1, 0.15) is 56.9 Å². The van der Waals surface area contributed by atoms with Crippen LogP contribution in [-0.2, 0) is 0 Å². The molecule has 1 aliphatic carbocycles. The minimum Gasteiger partial charge on any atom is -0.350 e. The van der Waals surface area contributed by atoms with Gasteiger partial charge in [-0.3, -0.25) is 9.78 Å². The summed E-state index contributed by atoms with van der Waals surface area (Å²) in [5, 5.41) is 2.95. The molecule has 1 unspecified atom stereocenters. The molecule has 0 saturated heterocycles. The molecule has 1 heterocycles. The third kappa shape index (κ3) is 4.69. The number of rotatable bonds is 4. The molecule has 0 spiro atoms. The Morgan fingerprint density at radius 3 is 2.76 bits per heavy atom. The summed E-state index contributed by atoms with van der Waals surface area (Å²) in [5.74, 6) is 0.698. The molecule has 1 aromatic heterocycles. The molecule has 0 fully saturated rings. The van der Waals surface area contributed by atoms with E-state index in [0.29, 0.717) is 17.7 Å². The number of allylic oxidation sites excluding steroid dienone is 1. The first-order valence-electron chi connectivity index (χ1n) is 7.84. The molecule has 0 bridgehead atoms. The number of nitrogens with one attached hydrogen (secondary N) is 1. The molecule has 114 valence electrons. The second kappa shape index (κ2) is 6.88. The summed E-state index contributed by atoms with van der Waals surface area (Å²) in [7, 11) is 0. The summed E-state index contributed by atoms with van der Waals surface area (Å²) in [6.45, 7) is 7.66. The van der Waals surface area contributed by atoms with Gasteiger partial charge in [0.1, 0.15) is 5.69 Å². The van der Waals surface area contributed by atoms with Gasteiger partial charge in [0.25, 0.3) is 5.91 Å². The molecule has 0 radical (unpaired) electrons. The molecular weight excluding hydrogens is 260 g/mol. The van der Waals surface area contributed by atoms with Gasteiger partial charge in [-0.05, 0) is 49.1 Å². The van der Waals surface area contributed by atoms with Gasteiger partial charge in [0.05, 0.1) is 0 Å². The molecule has 3 nitrogen and oxygen atoms in total. The van der Waals surface area contributed by atoms with Gasteiger partial charge in [-0.1, -0.05) is 38.5 Å². The minimum absolute atomic E-state index is 0.0837. The zero-order chi connectivity index (χ0) is 15.3. The lowest BCUT2D eigenvalue weighted by atomic mass is 9.73. The highest BCUT2D eigenvalue weighted by Gasteiger charge is 2.25. The van der Waals surface area contributed by atoms with Crippen LogP contribution in [0.2, 0.25) is 0 Å². The van der Waals surface area contributed by atoms with Crippen LogP contribution in [0.5, 0.6) is 0 Å². The van der Waals surface area contributed by atoms with E-state index in [1.165, 1.54) is 24.8 Å². The van der Waals surface area contributed by atoms with Crippen molar-refractivity contribution in [3.05, 3.63) is 41.7 Å². The second-order valence-corrected chi connectivity index (χ2v) is 6.92. The Labute approximate surface area is 127 Å². The molecule has 0 saturated carbocycles. The van der Waals surface area contributed by atoms with Gasteiger partial charge in [-0.25, -0.2) is 0 Å². The highest BCUT2D eigenvalue weighted by Crippen LogP contribution is 2.37. The maximum Gasteiger partial charge on any atom is 0.269 e. The van der Waals surface area contributed by atoms with Crippen molar-refractivity contribution in [2.24, 2.45) is 11.3 Å². The summed E-state index contributed by atoms with van der Waals surface area (Å²) in [6.07, 6.45) is 8.59. The summed E-state index contributed by atoms with van der Waals surface area (Å²) in [5.41, 5.74) is 2.37. The smallest absolute Gasteiger partial charge is 0.269 e. The van der Waals surface area contributed by atoms with Gasteiger partial charge in [-0.2, -0.15) is 0 Å². The number of hydrogen-bond donors (Lipinski definition) is 1. The molecule has 1 aliphatic rings. The van der Waals surface area contributed by atoms with Gasteiger partial charge in [0, 0.05) is 12.7 Å². The van der Waals surface area contributed by atoms with Crippen LogP contribution in [0.15, 0.2) is 36.0 Å². The van der Waals surface area contributed by atoms with Gasteiger partial charge >= 0.3 is 0 Å². The normalized spacial score (nSPS) is 19.0. The lowest BCUT2D eigenvalue weighted by molar-refractivity contribution is 0.0949. The van der Waals surface area contributed by atoms with Crippen LogP contribution >= 0.6 is 0 Å². The Bertz CT molecular complexity index is 500. The van der Waals surface area contributed by atoms with Crippen LogP contribution in [0, 0.1) is 11.3 Å². The Morgan fingerprint density at radius 2 is 2.19 bits per heavy atom. The number of carbonyl (C=O) groups is 1. The lowest BCUT2D eigenvalue weighted by Crippen LogP contribution is -2.26. The first-order valence-corrected chi connectivity index (χ1v) is 7.84. The van der Waals surface area contributed by atoms with Crippen LogP contribution < -0.4 is 5.32 Å². The lowest BCUT2D eigenvalue weighted by Gasteiger charge is -2.33. The average molecular weight is 286 g/mol. The van der Waals surface area contributed by atoms with Crippen molar-refractivity contribution in [3.8, 4) is 0 Å². The van der Waals surface area contributed by atoms with Gasteiger partial charge in [0.15, 0.2) is 0 Å². The van der Waals surface area contributed by atoms with E-state index in [1.807, 2.05) is 12.1 Å². The Kier molecular flexibility index (Phi) is 5.16. The monoisotopic (exact) mass is 286 g/mol. The second-order valence-electron chi connectivity index (χ2n) is 6.92. The fourth-order valence-corrected chi connectivity index (χ4v) is 2.83. The quantitative estimate of drug-likeness (QED) is 0.851. The molecule has 1 atom stereocenters. The Balaban J connectivity index is 1.75. The summed E-state index contributed by atoms with van der Waals surface area (Å²) < 4.78 is 0. The SMILES string of the molecule is CC(C)(C)C1CC=C(CCNC(=O)c2ccccn2)CC1. The van der Waals surface area contributed by atoms with E-state index in [0.717, 1.165) is 12.3 Å². The highest BCUT2D eigenvalue weighted by molar-refractivity contribution is 5.92. The van der Waals surface area contributed by atoms with E-state index in [4.69, 9.17) is 0 Å². The van der Waals surface area contributed by atoms with Crippen molar-refractivity contribution >= 4 is 5.91 Å². The van der Waals surface area contributed by atoms with Gasteiger partial charge in [-0.15, -0.1) is 0 Å². The third-order valence-corrected chi connectivity index (χ3v) is 4.36. The largest absolute Gasteiger partial charge is 0.350 e. The van der Waals surface area contributed by atoms with E-state index >= 15 is 0 Å².